The minimum atomic E-state index is -4.47. The number of hydrogen-bond donors (Lipinski definition) is 0. The molecule has 0 unspecified atom stereocenters. The monoisotopic (exact) mass is 412 g/mol. The Kier molecular flexibility index (Phi) is 6.04. The van der Waals surface area contributed by atoms with Crippen LogP contribution >= 0.6 is 0 Å². The van der Waals surface area contributed by atoms with Crippen molar-refractivity contribution in [2.45, 2.75) is 46.0 Å². The van der Waals surface area contributed by atoms with Gasteiger partial charge in [-0.25, -0.2) is 4.79 Å². The number of esters is 1. The van der Waals surface area contributed by atoms with Gasteiger partial charge in [0.2, 0.25) is 0 Å². The summed E-state index contributed by atoms with van der Waals surface area (Å²) in [5, 5.41) is 0.438. The maximum atomic E-state index is 13.2. The lowest BCUT2D eigenvalue weighted by Crippen LogP contribution is -2.36. The molecule has 29 heavy (non-hydrogen) atoms. The Labute approximate surface area is 166 Å². The van der Waals surface area contributed by atoms with Gasteiger partial charge in [0.25, 0.3) is 0 Å². The molecule has 0 saturated carbocycles. The first-order chi connectivity index (χ1) is 13.8. The van der Waals surface area contributed by atoms with E-state index in [0.717, 1.165) is 17.8 Å². The first-order valence-electron chi connectivity index (χ1n) is 9.54. The molecule has 9 heteroatoms. The first kappa shape index (κ1) is 21.0. The van der Waals surface area contributed by atoms with E-state index in [2.05, 4.69) is 0 Å². The number of ether oxygens (including phenoxy) is 2. The van der Waals surface area contributed by atoms with Gasteiger partial charge in [0, 0.05) is 41.7 Å². The lowest BCUT2D eigenvalue weighted by molar-refractivity contribution is -0.143. The second-order valence-electron chi connectivity index (χ2n) is 6.73. The highest BCUT2D eigenvalue weighted by Crippen LogP contribution is 2.36. The van der Waals surface area contributed by atoms with Crippen LogP contribution in [0, 0.1) is 0 Å². The number of hydrogen-bond acceptors (Lipinski definition) is 4. The molecule has 1 aromatic heterocycles. The Hall–Kier alpha value is -2.71. The van der Waals surface area contributed by atoms with E-state index in [-0.39, 0.29) is 32.1 Å². The Morgan fingerprint density at radius 1 is 1.14 bits per heavy atom. The molecular formula is C20H23F3N2O4. The van der Waals surface area contributed by atoms with Gasteiger partial charge in [-0.1, -0.05) is 0 Å². The number of nitrogens with zero attached hydrogens (tertiary/aromatic N) is 2. The third kappa shape index (κ3) is 4.33. The highest BCUT2D eigenvalue weighted by atomic mass is 19.4. The highest BCUT2D eigenvalue weighted by Gasteiger charge is 2.33. The van der Waals surface area contributed by atoms with Crippen LogP contribution in [0.15, 0.2) is 18.2 Å². The molecule has 0 spiro atoms. The van der Waals surface area contributed by atoms with Crippen LogP contribution in [0.1, 0.15) is 37.1 Å². The number of rotatable bonds is 5. The SMILES string of the molecule is CCOC(=O)CCn1c2c(c3cc(C(F)(F)F)ccc31)CN(C(=O)OCC)CC2. The predicted molar refractivity (Wildman–Crippen MR) is 99.3 cm³/mol. The van der Waals surface area contributed by atoms with Crippen molar-refractivity contribution in [3.63, 3.8) is 0 Å². The van der Waals surface area contributed by atoms with Crippen molar-refractivity contribution in [3.05, 3.63) is 35.0 Å². The predicted octanol–water partition coefficient (Wildman–Crippen LogP) is 4.13. The molecule has 1 amide bonds. The van der Waals surface area contributed by atoms with E-state index in [4.69, 9.17) is 9.47 Å². The molecule has 1 aliphatic heterocycles. The normalized spacial score (nSPS) is 14.0. The third-order valence-electron chi connectivity index (χ3n) is 4.95. The minimum absolute atomic E-state index is 0.118. The largest absolute Gasteiger partial charge is 0.466 e. The molecule has 0 atom stereocenters. The number of amides is 1. The summed E-state index contributed by atoms with van der Waals surface area (Å²) in [6, 6.07) is 3.58. The van der Waals surface area contributed by atoms with E-state index < -0.39 is 17.8 Å². The summed E-state index contributed by atoms with van der Waals surface area (Å²) >= 11 is 0. The maximum absolute atomic E-state index is 13.2. The summed E-state index contributed by atoms with van der Waals surface area (Å²) in [7, 11) is 0. The number of aryl methyl sites for hydroxylation is 1. The van der Waals surface area contributed by atoms with Crippen LogP contribution in [-0.4, -0.2) is 41.3 Å². The van der Waals surface area contributed by atoms with E-state index in [9.17, 15) is 22.8 Å². The van der Waals surface area contributed by atoms with Crippen molar-refractivity contribution in [3.8, 4) is 0 Å². The van der Waals surface area contributed by atoms with Crippen LogP contribution < -0.4 is 0 Å². The molecule has 1 aliphatic rings. The topological polar surface area (TPSA) is 60.8 Å². The number of benzene rings is 1. The van der Waals surface area contributed by atoms with Gasteiger partial charge in [0.1, 0.15) is 0 Å². The number of alkyl halides is 3. The fourth-order valence-electron chi connectivity index (χ4n) is 3.69. The van der Waals surface area contributed by atoms with Crippen molar-refractivity contribution < 1.29 is 32.2 Å². The van der Waals surface area contributed by atoms with Gasteiger partial charge in [0.05, 0.1) is 31.7 Å². The van der Waals surface area contributed by atoms with Crippen LogP contribution in [0.3, 0.4) is 0 Å². The summed E-state index contributed by atoms with van der Waals surface area (Å²) in [6.07, 6.45) is -4.37. The van der Waals surface area contributed by atoms with Gasteiger partial charge >= 0.3 is 18.2 Å². The fourth-order valence-corrected chi connectivity index (χ4v) is 3.69. The molecule has 1 aromatic carbocycles. The molecule has 0 bridgehead atoms. The maximum Gasteiger partial charge on any atom is 0.416 e. The number of carbonyl (C=O) groups is 2. The first-order valence-corrected chi connectivity index (χ1v) is 9.54. The minimum Gasteiger partial charge on any atom is -0.466 e. The second kappa shape index (κ2) is 8.34. The molecule has 0 saturated heterocycles. The number of carbonyl (C=O) groups excluding carboxylic acids is 2. The molecule has 6 nitrogen and oxygen atoms in total. The van der Waals surface area contributed by atoms with E-state index in [1.54, 1.807) is 13.8 Å². The summed E-state index contributed by atoms with van der Waals surface area (Å²) in [4.78, 5) is 25.4. The Morgan fingerprint density at radius 2 is 1.86 bits per heavy atom. The molecule has 3 rings (SSSR count). The zero-order valence-corrected chi connectivity index (χ0v) is 16.3. The molecule has 0 aliphatic carbocycles. The lowest BCUT2D eigenvalue weighted by atomic mass is 10.0. The summed E-state index contributed by atoms with van der Waals surface area (Å²) in [5.41, 5.74) is 1.36. The fraction of sp³-hybridized carbons (Fsp3) is 0.500. The smallest absolute Gasteiger partial charge is 0.416 e. The van der Waals surface area contributed by atoms with Gasteiger partial charge in [-0.05, 0) is 32.0 Å². The standard InChI is InChI=1S/C20H23F3N2O4/c1-3-28-18(26)8-10-25-16-6-5-13(20(21,22)23)11-14(16)15-12-24(9-7-17(15)25)19(27)29-4-2/h5-6,11H,3-4,7-10,12H2,1-2H3. The number of halogens is 3. The van der Waals surface area contributed by atoms with Crippen molar-refractivity contribution in [2.24, 2.45) is 0 Å². The average molecular weight is 412 g/mol. The van der Waals surface area contributed by atoms with Crippen molar-refractivity contribution >= 4 is 23.0 Å². The quantitative estimate of drug-likeness (QED) is 0.693. The zero-order valence-electron chi connectivity index (χ0n) is 16.3. The molecule has 0 radical (unpaired) electrons. The van der Waals surface area contributed by atoms with Crippen LogP contribution in [-0.2, 0) is 40.0 Å². The number of aromatic nitrogens is 1. The van der Waals surface area contributed by atoms with Gasteiger partial charge in [-0.15, -0.1) is 0 Å². The number of fused-ring (bicyclic) bond motifs is 3. The molecule has 158 valence electrons. The molecule has 2 heterocycles. The van der Waals surface area contributed by atoms with Crippen LogP contribution in [0.4, 0.5) is 18.0 Å². The van der Waals surface area contributed by atoms with Gasteiger partial charge < -0.3 is 18.9 Å². The average Bonchev–Trinajstić information content (AvgIpc) is 2.98. The Morgan fingerprint density at radius 3 is 2.52 bits per heavy atom. The second-order valence-corrected chi connectivity index (χ2v) is 6.73. The Bertz CT molecular complexity index is 921. The molecular weight excluding hydrogens is 389 g/mol. The third-order valence-corrected chi connectivity index (χ3v) is 4.95. The molecule has 0 fully saturated rings. The zero-order chi connectivity index (χ0) is 21.2. The molecule has 0 N–H and O–H groups in total. The summed E-state index contributed by atoms with van der Waals surface area (Å²) < 4.78 is 51.6. The summed E-state index contributed by atoms with van der Waals surface area (Å²) in [6.45, 7) is 4.77. The van der Waals surface area contributed by atoms with E-state index in [1.165, 1.54) is 11.0 Å². The van der Waals surface area contributed by atoms with E-state index in [0.29, 0.717) is 36.0 Å². The van der Waals surface area contributed by atoms with Gasteiger partial charge in [-0.2, -0.15) is 13.2 Å². The van der Waals surface area contributed by atoms with Crippen LogP contribution in [0.25, 0.3) is 10.9 Å². The van der Waals surface area contributed by atoms with Crippen molar-refractivity contribution in [1.82, 2.24) is 9.47 Å². The lowest BCUT2D eigenvalue weighted by Gasteiger charge is -2.27. The van der Waals surface area contributed by atoms with E-state index >= 15 is 0 Å². The van der Waals surface area contributed by atoms with Crippen LogP contribution in [0.2, 0.25) is 0 Å². The molecule has 2 aromatic rings. The van der Waals surface area contributed by atoms with Crippen molar-refractivity contribution in [1.29, 1.82) is 0 Å². The Balaban J connectivity index is 2.03. The highest BCUT2D eigenvalue weighted by molar-refractivity contribution is 5.87. The van der Waals surface area contributed by atoms with Gasteiger partial charge in [0.15, 0.2) is 0 Å². The van der Waals surface area contributed by atoms with Crippen LogP contribution in [0.5, 0.6) is 0 Å². The van der Waals surface area contributed by atoms with E-state index in [1.807, 2.05) is 4.57 Å². The van der Waals surface area contributed by atoms with Gasteiger partial charge in [-0.3, -0.25) is 4.79 Å². The summed E-state index contributed by atoms with van der Waals surface area (Å²) in [5.74, 6) is -0.362. The van der Waals surface area contributed by atoms with Crippen molar-refractivity contribution in [2.75, 3.05) is 19.8 Å².